The molecule has 0 spiro atoms. The number of thiophene rings is 1. The van der Waals surface area contributed by atoms with E-state index in [0.717, 1.165) is 32.3 Å². The predicted molar refractivity (Wildman–Crippen MR) is 124 cm³/mol. The van der Waals surface area contributed by atoms with Crippen LogP contribution in [0.4, 0.5) is 11.6 Å². The summed E-state index contributed by atoms with van der Waals surface area (Å²) in [5.74, 6) is 2.83. The van der Waals surface area contributed by atoms with Gasteiger partial charge in [-0.3, -0.25) is 5.10 Å². The van der Waals surface area contributed by atoms with E-state index in [4.69, 9.17) is 0 Å². The van der Waals surface area contributed by atoms with Crippen LogP contribution in [0.1, 0.15) is 11.3 Å². The molecule has 0 aliphatic rings. The molecule has 0 bridgehead atoms. The Kier molecular flexibility index (Phi) is 5.28. The molecule has 0 aliphatic heterocycles. The van der Waals surface area contributed by atoms with Crippen molar-refractivity contribution in [2.24, 2.45) is 0 Å². The average Bonchev–Trinajstić information content (AvgIpc) is 3.48. The van der Waals surface area contributed by atoms with E-state index >= 15 is 0 Å². The Labute approximate surface area is 189 Å². The van der Waals surface area contributed by atoms with Gasteiger partial charge in [-0.25, -0.2) is 4.98 Å². The minimum Gasteiger partial charge on any atom is -0.323 e. The number of hydrogen-bond acceptors (Lipinski definition) is 7. The van der Waals surface area contributed by atoms with Gasteiger partial charge in [0, 0.05) is 28.1 Å². The van der Waals surface area contributed by atoms with Crippen LogP contribution in [0.3, 0.4) is 0 Å². The average molecular weight is 498 g/mol. The topological polar surface area (TPSA) is 83.8 Å². The Balaban J connectivity index is 1.39. The Bertz CT molecular complexity index is 1290. The van der Waals surface area contributed by atoms with Crippen molar-refractivity contribution in [3.05, 3.63) is 69.6 Å². The Morgan fingerprint density at radius 2 is 2.03 bits per heavy atom. The number of benzene rings is 1. The summed E-state index contributed by atoms with van der Waals surface area (Å²) in [5, 5.41) is 18.1. The van der Waals surface area contributed by atoms with Gasteiger partial charge in [0.15, 0.2) is 5.82 Å². The molecule has 4 aromatic heterocycles. The van der Waals surface area contributed by atoms with Crippen LogP contribution in [-0.4, -0.2) is 29.8 Å². The molecule has 0 amide bonds. The maximum atomic E-state index is 4.64. The standard InChI is InChI=1S/C20H16BrN7S2/c1-12-9-18(23-17-10-15(25-26-17)16-3-2-8-29-16)28-19(22-12)24-20(27-28)30-11-13-4-6-14(21)7-5-13/h2-10H,11H2,1H3,(H2,23,25,26). The molecule has 0 fully saturated rings. The van der Waals surface area contributed by atoms with Gasteiger partial charge in [-0.15, -0.1) is 16.4 Å². The minimum absolute atomic E-state index is 0.560. The number of rotatable bonds is 6. The maximum Gasteiger partial charge on any atom is 0.255 e. The summed E-state index contributed by atoms with van der Waals surface area (Å²) in [6.07, 6.45) is 0. The quantitative estimate of drug-likeness (QED) is 0.293. The third-order valence-corrected chi connectivity index (χ3v) is 6.66. The number of halogens is 1. The van der Waals surface area contributed by atoms with Crippen molar-refractivity contribution in [1.29, 1.82) is 0 Å². The van der Waals surface area contributed by atoms with E-state index in [9.17, 15) is 0 Å². The normalized spacial score (nSPS) is 11.3. The lowest BCUT2D eigenvalue weighted by Gasteiger charge is -2.05. The van der Waals surface area contributed by atoms with Gasteiger partial charge in [0.2, 0.25) is 5.16 Å². The van der Waals surface area contributed by atoms with E-state index in [1.807, 2.05) is 42.6 Å². The zero-order valence-corrected chi connectivity index (χ0v) is 19.1. The molecule has 30 heavy (non-hydrogen) atoms. The summed E-state index contributed by atoms with van der Waals surface area (Å²) in [5.41, 5.74) is 3.04. The van der Waals surface area contributed by atoms with Gasteiger partial charge in [0.05, 0.1) is 10.6 Å². The van der Waals surface area contributed by atoms with Crippen LogP contribution < -0.4 is 5.32 Å². The number of aromatic amines is 1. The lowest BCUT2D eigenvalue weighted by Crippen LogP contribution is -2.02. The van der Waals surface area contributed by atoms with Crippen molar-refractivity contribution in [3.63, 3.8) is 0 Å². The van der Waals surface area contributed by atoms with E-state index in [0.29, 0.717) is 16.8 Å². The zero-order valence-electron chi connectivity index (χ0n) is 15.8. The highest BCUT2D eigenvalue weighted by molar-refractivity contribution is 9.10. The smallest absolute Gasteiger partial charge is 0.255 e. The lowest BCUT2D eigenvalue weighted by molar-refractivity contribution is 0.881. The molecule has 0 unspecified atom stereocenters. The molecule has 1 aromatic carbocycles. The highest BCUT2D eigenvalue weighted by Gasteiger charge is 2.12. The van der Waals surface area contributed by atoms with Gasteiger partial charge in [-0.05, 0) is 36.1 Å². The predicted octanol–water partition coefficient (Wildman–Crippen LogP) is 5.68. The maximum absolute atomic E-state index is 4.64. The molecule has 5 rings (SSSR count). The van der Waals surface area contributed by atoms with Crippen molar-refractivity contribution >= 4 is 56.4 Å². The first-order valence-corrected chi connectivity index (χ1v) is 11.8. The molecular weight excluding hydrogens is 482 g/mol. The van der Waals surface area contributed by atoms with Gasteiger partial charge in [0.1, 0.15) is 5.82 Å². The van der Waals surface area contributed by atoms with E-state index in [2.05, 4.69) is 64.7 Å². The van der Waals surface area contributed by atoms with Gasteiger partial charge >= 0.3 is 0 Å². The molecule has 4 heterocycles. The highest BCUT2D eigenvalue weighted by Crippen LogP contribution is 2.27. The number of thioether (sulfide) groups is 1. The Hall–Kier alpha value is -2.69. The first-order valence-electron chi connectivity index (χ1n) is 9.12. The number of nitrogens with one attached hydrogen (secondary N) is 2. The second-order valence-corrected chi connectivity index (χ2v) is 9.38. The molecule has 0 atom stereocenters. The van der Waals surface area contributed by atoms with Crippen molar-refractivity contribution in [3.8, 4) is 10.6 Å². The van der Waals surface area contributed by atoms with Gasteiger partial charge < -0.3 is 5.32 Å². The molecule has 0 radical (unpaired) electrons. The first kappa shape index (κ1) is 19.3. The van der Waals surface area contributed by atoms with Crippen LogP contribution in [-0.2, 0) is 5.75 Å². The van der Waals surface area contributed by atoms with Crippen LogP contribution in [0.15, 0.2) is 63.5 Å². The van der Waals surface area contributed by atoms with Crippen LogP contribution in [0.2, 0.25) is 0 Å². The molecule has 5 aromatic rings. The fourth-order valence-electron chi connectivity index (χ4n) is 2.92. The first-order chi connectivity index (χ1) is 14.6. The van der Waals surface area contributed by atoms with Crippen LogP contribution in [0, 0.1) is 6.92 Å². The highest BCUT2D eigenvalue weighted by atomic mass is 79.9. The van der Waals surface area contributed by atoms with Gasteiger partial charge in [-0.2, -0.15) is 14.6 Å². The summed E-state index contributed by atoms with van der Waals surface area (Å²) < 4.78 is 2.79. The SMILES string of the molecule is Cc1cc(Nc2cc(-c3cccs3)[nH]n2)n2nc(SCc3ccc(Br)cc3)nc2n1. The number of anilines is 2. The molecule has 0 saturated carbocycles. The molecule has 7 nitrogen and oxygen atoms in total. The van der Waals surface area contributed by atoms with Crippen LogP contribution >= 0.6 is 39.0 Å². The number of aryl methyl sites for hydroxylation is 1. The second-order valence-electron chi connectivity index (χ2n) is 6.57. The Morgan fingerprint density at radius 1 is 1.17 bits per heavy atom. The molecule has 0 saturated heterocycles. The van der Waals surface area contributed by atoms with Crippen molar-refractivity contribution in [1.82, 2.24) is 29.8 Å². The number of nitrogens with zero attached hydrogens (tertiary/aromatic N) is 5. The zero-order chi connectivity index (χ0) is 20.5. The van der Waals surface area contributed by atoms with Crippen molar-refractivity contribution < 1.29 is 0 Å². The van der Waals surface area contributed by atoms with Gasteiger partial charge in [0.25, 0.3) is 5.78 Å². The van der Waals surface area contributed by atoms with Crippen molar-refractivity contribution in [2.75, 3.05) is 5.32 Å². The summed E-state index contributed by atoms with van der Waals surface area (Å²) in [4.78, 5) is 10.2. The largest absolute Gasteiger partial charge is 0.323 e. The molecule has 2 N–H and O–H groups in total. The third kappa shape index (κ3) is 4.11. The number of aromatic nitrogens is 6. The molecular formula is C20H16BrN7S2. The van der Waals surface area contributed by atoms with E-state index < -0.39 is 0 Å². The second kappa shape index (κ2) is 8.21. The van der Waals surface area contributed by atoms with Crippen molar-refractivity contribution in [2.45, 2.75) is 17.8 Å². The summed E-state index contributed by atoms with van der Waals surface area (Å²) in [7, 11) is 0. The molecule has 10 heteroatoms. The number of hydrogen-bond donors (Lipinski definition) is 2. The monoisotopic (exact) mass is 497 g/mol. The molecule has 0 aliphatic carbocycles. The van der Waals surface area contributed by atoms with Crippen LogP contribution in [0.25, 0.3) is 16.3 Å². The van der Waals surface area contributed by atoms with Gasteiger partial charge in [-0.1, -0.05) is 45.9 Å². The third-order valence-electron chi connectivity index (χ3n) is 4.32. The van der Waals surface area contributed by atoms with E-state index in [1.54, 1.807) is 27.6 Å². The fraction of sp³-hybridized carbons (Fsp3) is 0.100. The fourth-order valence-corrected chi connectivity index (χ4v) is 4.65. The van der Waals surface area contributed by atoms with Crippen LogP contribution in [0.5, 0.6) is 0 Å². The number of H-pyrrole nitrogens is 1. The lowest BCUT2D eigenvalue weighted by atomic mass is 10.2. The number of fused-ring (bicyclic) bond motifs is 1. The summed E-state index contributed by atoms with van der Waals surface area (Å²) in [6, 6.07) is 16.2. The van der Waals surface area contributed by atoms with E-state index in [-0.39, 0.29) is 0 Å². The minimum atomic E-state index is 0.560. The van der Waals surface area contributed by atoms with E-state index in [1.165, 1.54) is 5.56 Å². The molecule has 150 valence electrons. The summed E-state index contributed by atoms with van der Waals surface area (Å²) >= 11 is 6.71. The summed E-state index contributed by atoms with van der Waals surface area (Å²) in [6.45, 7) is 1.94. The Morgan fingerprint density at radius 3 is 2.83 bits per heavy atom.